The molecule has 0 spiro atoms. The van der Waals surface area contributed by atoms with Crippen molar-refractivity contribution in [3.8, 4) is 0 Å². The van der Waals surface area contributed by atoms with E-state index in [4.69, 9.17) is 30.4 Å². The van der Waals surface area contributed by atoms with Crippen LogP contribution in [0.4, 0.5) is 0 Å². The highest BCUT2D eigenvalue weighted by molar-refractivity contribution is 4.39. The highest BCUT2D eigenvalue weighted by Gasteiger charge is 1.92. The van der Waals surface area contributed by atoms with Crippen molar-refractivity contribution in [3.05, 3.63) is 0 Å². The van der Waals surface area contributed by atoms with Gasteiger partial charge >= 0.3 is 0 Å². The summed E-state index contributed by atoms with van der Waals surface area (Å²) in [5.74, 6) is 0. The first-order valence-electron chi connectivity index (χ1n) is 6.63. The summed E-state index contributed by atoms with van der Waals surface area (Å²) in [7, 11) is 0. The van der Waals surface area contributed by atoms with Crippen LogP contribution in [0.25, 0.3) is 0 Å². The molecule has 0 aliphatic rings. The van der Waals surface area contributed by atoms with E-state index >= 15 is 0 Å². The van der Waals surface area contributed by atoms with Gasteiger partial charge in [-0.2, -0.15) is 0 Å². The van der Waals surface area contributed by atoms with E-state index in [0.29, 0.717) is 52.8 Å². The largest absolute Gasteiger partial charge is 0.379 e. The highest BCUT2D eigenvalue weighted by Crippen LogP contribution is 1.88. The first-order valence-corrected chi connectivity index (χ1v) is 6.63. The van der Waals surface area contributed by atoms with Crippen LogP contribution in [0.3, 0.4) is 0 Å². The van der Waals surface area contributed by atoms with E-state index in [0.717, 1.165) is 26.0 Å². The van der Waals surface area contributed by atoms with Gasteiger partial charge in [0.2, 0.25) is 0 Å². The zero-order chi connectivity index (χ0) is 13.3. The van der Waals surface area contributed by atoms with Gasteiger partial charge in [0.1, 0.15) is 0 Å². The maximum Gasteiger partial charge on any atom is 0.0701 e. The molecule has 0 aromatic carbocycles. The second-order valence-corrected chi connectivity index (χ2v) is 3.73. The summed E-state index contributed by atoms with van der Waals surface area (Å²) in [6, 6.07) is 0. The third kappa shape index (κ3) is 15.8. The summed E-state index contributed by atoms with van der Waals surface area (Å²) in [5, 5.41) is 0. The van der Waals surface area contributed by atoms with Crippen molar-refractivity contribution in [2.45, 2.75) is 12.8 Å². The van der Waals surface area contributed by atoms with Crippen LogP contribution >= 0.6 is 0 Å². The van der Waals surface area contributed by atoms with Gasteiger partial charge in [0.05, 0.1) is 46.2 Å². The molecule has 110 valence electrons. The van der Waals surface area contributed by atoms with Crippen molar-refractivity contribution >= 4 is 0 Å². The smallest absolute Gasteiger partial charge is 0.0701 e. The Balaban J connectivity index is 2.86. The van der Waals surface area contributed by atoms with Crippen molar-refractivity contribution in [2.24, 2.45) is 11.5 Å². The molecule has 0 heterocycles. The SMILES string of the molecule is NCCCCOCCOCCOCCOCCN. The van der Waals surface area contributed by atoms with E-state index in [2.05, 4.69) is 0 Å². The zero-order valence-electron chi connectivity index (χ0n) is 11.3. The molecular formula is C12H28N2O4. The van der Waals surface area contributed by atoms with Crippen molar-refractivity contribution in [2.75, 3.05) is 65.9 Å². The van der Waals surface area contributed by atoms with E-state index in [1.165, 1.54) is 0 Å². The van der Waals surface area contributed by atoms with Gasteiger partial charge in [-0.1, -0.05) is 0 Å². The molecule has 0 amide bonds. The molecule has 0 fully saturated rings. The summed E-state index contributed by atoms with van der Waals surface area (Å²) in [6.07, 6.45) is 2.03. The topological polar surface area (TPSA) is 89.0 Å². The lowest BCUT2D eigenvalue weighted by molar-refractivity contribution is -0.00127. The number of unbranched alkanes of at least 4 members (excludes halogenated alkanes) is 1. The Morgan fingerprint density at radius 2 is 0.889 bits per heavy atom. The third-order valence-electron chi connectivity index (χ3n) is 2.12. The molecule has 0 aromatic rings. The Morgan fingerprint density at radius 1 is 0.444 bits per heavy atom. The summed E-state index contributed by atoms with van der Waals surface area (Å²) in [5.41, 5.74) is 10.6. The molecule has 6 nitrogen and oxygen atoms in total. The van der Waals surface area contributed by atoms with Crippen LogP contribution in [0.15, 0.2) is 0 Å². The summed E-state index contributed by atoms with van der Waals surface area (Å²) >= 11 is 0. The van der Waals surface area contributed by atoms with Crippen LogP contribution < -0.4 is 11.5 Å². The van der Waals surface area contributed by atoms with Crippen LogP contribution in [0.5, 0.6) is 0 Å². The van der Waals surface area contributed by atoms with E-state index in [1.807, 2.05) is 0 Å². The molecule has 18 heavy (non-hydrogen) atoms. The molecule has 0 saturated carbocycles. The number of hydrogen-bond acceptors (Lipinski definition) is 6. The average molecular weight is 264 g/mol. The molecule has 6 heteroatoms. The Morgan fingerprint density at radius 3 is 1.33 bits per heavy atom. The molecule has 0 aromatic heterocycles. The fourth-order valence-corrected chi connectivity index (χ4v) is 1.19. The van der Waals surface area contributed by atoms with Gasteiger partial charge in [-0.25, -0.2) is 0 Å². The summed E-state index contributed by atoms with van der Waals surface area (Å²) in [4.78, 5) is 0. The summed E-state index contributed by atoms with van der Waals surface area (Å²) < 4.78 is 21.1. The van der Waals surface area contributed by atoms with E-state index in [9.17, 15) is 0 Å². The molecule has 4 N–H and O–H groups in total. The lowest BCUT2D eigenvalue weighted by atomic mass is 10.3. The quantitative estimate of drug-likeness (QED) is 0.397. The highest BCUT2D eigenvalue weighted by atomic mass is 16.6. The first-order chi connectivity index (χ1) is 8.91. The third-order valence-corrected chi connectivity index (χ3v) is 2.12. The van der Waals surface area contributed by atoms with Gasteiger partial charge in [-0.3, -0.25) is 0 Å². The minimum Gasteiger partial charge on any atom is -0.379 e. The monoisotopic (exact) mass is 264 g/mol. The molecule has 0 aliphatic carbocycles. The van der Waals surface area contributed by atoms with Crippen molar-refractivity contribution in [1.82, 2.24) is 0 Å². The number of rotatable bonds is 15. The Hall–Kier alpha value is -0.240. The molecule has 0 rings (SSSR count). The van der Waals surface area contributed by atoms with Crippen molar-refractivity contribution < 1.29 is 18.9 Å². The van der Waals surface area contributed by atoms with Gasteiger partial charge in [-0.15, -0.1) is 0 Å². The number of nitrogens with two attached hydrogens (primary N) is 2. The molecule has 0 aliphatic heterocycles. The number of hydrogen-bond donors (Lipinski definition) is 2. The maximum absolute atomic E-state index is 5.37. The standard InChI is InChI=1S/C12H28N2O4/c13-3-1-2-5-15-7-9-17-11-12-18-10-8-16-6-4-14/h1-14H2. The van der Waals surface area contributed by atoms with Crippen LogP contribution in [0.1, 0.15) is 12.8 Å². The predicted octanol–water partition coefficient (Wildman–Crippen LogP) is -0.250. The normalized spacial score (nSPS) is 11.0. The van der Waals surface area contributed by atoms with Gasteiger partial charge in [0, 0.05) is 13.2 Å². The minimum atomic E-state index is 0.550. The molecule has 0 unspecified atom stereocenters. The van der Waals surface area contributed by atoms with Crippen LogP contribution in [-0.4, -0.2) is 65.9 Å². The Kier molecular flexibility index (Phi) is 16.5. The number of ether oxygens (including phenoxy) is 4. The Labute approximate surface area is 110 Å². The average Bonchev–Trinajstić information content (AvgIpc) is 2.39. The van der Waals surface area contributed by atoms with Gasteiger partial charge < -0.3 is 30.4 Å². The molecule has 0 radical (unpaired) electrons. The van der Waals surface area contributed by atoms with Gasteiger partial charge in [0.25, 0.3) is 0 Å². The maximum atomic E-state index is 5.37. The molecular weight excluding hydrogens is 236 g/mol. The minimum absolute atomic E-state index is 0.550. The molecule has 0 saturated heterocycles. The van der Waals surface area contributed by atoms with Crippen molar-refractivity contribution in [1.29, 1.82) is 0 Å². The van der Waals surface area contributed by atoms with Gasteiger partial charge in [0.15, 0.2) is 0 Å². The zero-order valence-corrected chi connectivity index (χ0v) is 11.3. The van der Waals surface area contributed by atoms with Crippen molar-refractivity contribution in [3.63, 3.8) is 0 Å². The van der Waals surface area contributed by atoms with Crippen LogP contribution in [0.2, 0.25) is 0 Å². The Bertz CT molecular complexity index is 134. The lowest BCUT2D eigenvalue weighted by Gasteiger charge is -2.07. The predicted molar refractivity (Wildman–Crippen MR) is 70.6 cm³/mol. The first kappa shape index (κ1) is 17.8. The summed E-state index contributed by atoms with van der Waals surface area (Å²) in [6.45, 7) is 6.19. The van der Waals surface area contributed by atoms with E-state index < -0.39 is 0 Å². The fourth-order valence-electron chi connectivity index (χ4n) is 1.19. The van der Waals surface area contributed by atoms with Gasteiger partial charge in [-0.05, 0) is 19.4 Å². The van der Waals surface area contributed by atoms with Crippen LogP contribution in [-0.2, 0) is 18.9 Å². The van der Waals surface area contributed by atoms with E-state index in [-0.39, 0.29) is 0 Å². The van der Waals surface area contributed by atoms with Crippen LogP contribution in [0, 0.1) is 0 Å². The second-order valence-electron chi connectivity index (χ2n) is 3.73. The van der Waals surface area contributed by atoms with E-state index in [1.54, 1.807) is 0 Å². The molecule has 0 atom stereocenters. The molecule has 0 bridgehead atoms. The lowest BCUT2D eigenvalue weighted by Crippen LogP contribution is -2.14. The fraction of sp³-hybridized carbons (Fsp3) is 1.00. The second kappa shape index (κ2) is 16.8.